The Balaban J connectivity index is 2.34. The van der Waals surface area contributed by atoms with Gasteiger partial charge < -0.3 is 14.6 Å². The van der Waals surface area contributed by atoms with Gasteiger partial charge in [0.2, 0.25) is 0 Å². The van der Waals surface area contributed by atoms with Gasteiger partial charge in [0.05, 0.1) is 20.3 Å². The standard InChI is InChI=1S/C15H22O3/c1-17-13-8-5-9-14(18-2)15(13)11-6-3-4-7-12(16)10-11/h5,8-9,11-12,16H,3-4,6-7,10H2,1-2H3. The molecule has 1 aliphatic rings. The molecule has 0 bridgehead atoms. The van der Waals surface area contributed by atoms with E-state index in [9.17, 15) is 5.11 Å². The molecule has 2 unspecified atom stereocenters. The highest BCUT2D eigenvalue weighted by Gasteiger charge is 2.25. The molecule has 0 spiro atoms. The van der Waals surface area contributed by atoms with Crippen LogP contribution >= 0.6 is 0 Å². The van der Waals surface area contributed by atoms with E-state index in [-0.39, 0.29) is 6.10 Å². The van der Waals surface area contributed by atoms with Crippen molar-refractivity contribution in [1.29, 1.82) is 0 Å². The van der Waals surface area contributed by atoms with Gasteiger partial charge in [0.25, 0.3) is 0 Å². The Morgan fingerprint density at radius 3 is 2.28 bits per heavy atom. The Morgan fingerprint density at radius 1 is 1.06 bits per heavy atom. The van der Waals surface area contributed by atoms with Gasteiger partial charge in [-0.2, -0.15) is 0 Å². The van der Waals surface area contributed by atoms with Crippen LogP contribution in [0.4, 0.5) is 0 Å². The molecule has 2 rings (SSSR count). The number of aliphatic hydroxyl groups excluding tert-OH is 1. The van der Waals surface area contributed by atoms with E-state index in [1.54, 1.807) is 14.2 Å². The van der Waals surface area contributed by atoms with E-state index >= 15 is 0 Å². The second kappa shape index (κ2) is 6.10. The molecular weight excluding hydrogens is 228 g/mol. The molecule has 3 nitrogen and oxygen atoms in total. The maximum atomic E-state index is 9.97. The smallest absolute Gasteiger partial charge is 0.126 e. The molecule has 0 heterocycles. The van der Waals surface area contributed by atoms with Crippen molar-refractivity contribution in [2.75, 3.05) is 14.2 Å². The molecule has 2 atom stereocenters. The lowest BCUT2D eigenvalue weighted by molar-refractivity contribution is 0.151. The monoisotopic (exact) mass is 250 g/mol. The number of ether oxygens (including phenoxy) is 2. The predicted molar refractivity (Wildman–Crippen MR) is 71.4 cm³/mol. The first kappa shape index (κ1) is 13.2. The van der Waals surface area contributed by atoms with Crippen molar-refractivity contribution >= 4 is 0 Å². The zero-order valence-corrected chi connectivity index (χ0v) is 11.2. The summed E-state index contributed by atoms with van der Waals surface area (Å²) in [5.74, 6) is 2.07. The maximum Gasteiger partial charge on any atom is 0.126 e. The second-order valence-electron chi connectivity index (χ2n) is 4.95. The molecule has 0 aliphatic heterocycles. The first-order valence-corrected chi connectivity index (χ1v) is 6.65. The lowest BCUT2D eigenvalue weighted by Gasteiger charge is -2.22. The van der Waals surface area contributed by atoms with Crippen molar-refractivity contribution in [1.82, 2.24) is 0 Å². The molecule has 100 valence electrons. The summed E-state index contributed by atoms with van der Waals surface area (Å²) in [7, 11) is 3.37. The Morgan fingerprint density at radius 2 is 1.67 bits per heavy atom. The highest BCUT2D eigenvalue weighted by atomic mass is 16.5. The summed E-state index contributed by atoms with van der Waals surface area (Å²) in [5.41, 5.74) is 1.11. The first-order valence-electron chi connectivity index (χ1n) is 6.65. The Kier molecular flexibility index (Phi) is 4.48. The zero-order valence-electron chi connectivity index (χ0n) is 11.2. The van der Waals surface area contributed by atoms with Gasteiger partial charge in [-0.25, -0.2) is 0 Å². The van der Waals surface area contributed by atoms with Gasteiger partial charge in [0.15, 0.2) is 0 Å². The molecule has 0 radical (unpaired) electrons. The average Bonchev–Trinajstić information content (AvgIpc) is 2.62. The van der Waals surface area contributed by atoms with Crippen molar-refractivity contribution in [3.05, 3.63) is 23.8 Å². The van der Waals surface area contributed by atoms with Crippen LogP contribution in [0.1, 0.15) is 43.6 Å². The molecule has 0 amide bonds. The van der Waals surface area contributed by atoms with Gasteiger partial charge in [0.1, 0.15) is 11.5 Å². The van der Waals surface area contributed by atoms with Crippen LogP contribution in [-0.2, 0) is 0 Å². The summed E-state index contributed by atoms with van der Waals surface area (Å²) < 4.78 is 10.9. The molecule has 0 saturated heterocycles. The summed E-state index contributed by atoms with van der Waals surface area (Å²) in [6, 6.07) is 5.87. The lowest BCUT2D eigenvalue weighted by Crippen LogP contribution is -2.11. The van der Waals surface area contributed by atoms with Crippen LogP contribution in [0, 0.1) is 0 Å². The van der Waals surface area contributed by atoms with E-state index in [0.717, 1.165) is 49.2 Å². The molecule has 1 saturated carbocycles. The Bertz CT molecular complexity index is 367. The van der Waals surface area contributed by atoms with Gasteiger partial charge in [-0.3, -0.25) is 0 Å². The van der Waals surface area contributed by atoms with Gasteiger partial charge in [-0.05, 0) is 37.3 Å². The van der Waals surface area contributed by atoms with Crippen molar-refractivity contribution in [3.63, 3.8) is 0 Å². The summed E-state index contributed by atoms with van der Waals surface area (Å²) in [4.78, 5) is 0. The SMILES string of the molecule is COc1cccc(OC)c1C1CCCCC(O)C1. The highest BCUT2D eigenvalue weighted by Crippen LogP contribution is 2.41. The largest absolute Gasteiger partial charge is 0.496 e. The predicted octanol–water partition coefficient (Wildman–Crippen LogP) is 3.11. The van der Waals surface area contributed by atoms with E-state index in [1.165, 1.54) is 0 Å². The highest BCUT2D eigenvalue weighted by molar-refractivity contribution is 5.47. The molecular formula is C15H22O3. The van der Waals surface area contributed by atoms with Gasteiger partial charge >= 0.3 is 0 Å². The van der Waals surface area contributed by atoms with Crippen molar-refractivity contribution in [2.24, 2.45) is 0 Å². The number of rotatable bonds is 3. The molecule has 1 fully saturated rings. The molecule has 3 heteroatoms. The maximum absolute atomic E-state index is 9.97. The van der Waals surface area contributed by atoms with E-state index in [0.29, 0.717) is 5.92 Å². The minimum atomic E-state index is -0.202. The van der Waals surface area contributed by atoms with Crippen molar-refractivity contribution in [3.8, 4) is 11.5 Å². The number of hydrogen-bond donors (Lipinski definition) is 1. The lowest BCUT2D eigenvalue weighted by atomic mass is 9.89. The fourth-order valence-corrected chi connectivity index (χ4v) is 2.88. The van der Waals surface area contributed by atoms with Crippen molar-refractivity contribution < 1.29 is 14.6 Å². The molecule has 1 aromatic carbocycles. The minimum Gasteiger partial charge on any atom is -0.496 e. The molecule has 0 aromatic heterocycles. The number of aliphatic hydroxyl groups is 1. The Hall–Kier alpha value is -1.22. The molecule has 18 heavy (non-hydrogen) atoms. The van der Waals surface area contributed by atoms with E-state index in [4.69, 9.17) is 9.47 Å². The first-order chi connectivity index (χ1) is 8.76. The molecule has 1 aromatic rings. The summed E-state index contributed by atoms with van der Waals surface area (Å²) in [5, 5.41) is 9.97. The van der Waals surface area contributed by atoms with Crippen LogP contribution in [0.3, 0.4) is 0 Å². The third kappa shape index (κ3) is 2.78. The zero-order chi connectivity index (χ0) is 13.0. The van der Waals surface area contributed by atoms with Gasteiger partial charge in [-0.1, -0.05) is 18.9 Å². The van der Waals surface area contributed by atoms with E-state index in [1.807, 2.05) is 18.2 Å². The van der Waals surface area contributed by atoms with Crippen LogP contribution < -0.4 is 9.47 Å². The van der Waals surface area contributed by atoms with Crippen LogP contribution in [0.2, 0.25) is 0 Å². The van der Waals surface area contributed by atoms with Gasteiger partial charge in [0, 0.05) is 5.56 Å². The number of methoxy groups -OCH3 is 2. The normalized spacial score (nSPS) is 24.4. The quantitative estimate of drug-likeness (QED) is 0.838. The summed E-state index contributed by atoms with van der Waals surface area (Å²) in [6.07, 6.45) is 4.86. The topological polar surface area (TPSA) is 38.7 Å². The third-order valence-corrected chi connectivity index (χ3v) is 3.77. The number of hydrogen-bond acceptors (Lipinski definition) is 3. The second-order valence-corrected chi connectivity index (χ2v) is 4.95. The van der Waals surface area contributed by atoms with Crippen LogP contribution in [0.15, 0.2) is 18.2 Å². The van der Waals surface area contributed by atoms with E-state index in [2.05, 4.69) is 0 Å². The minimum absolute atomic E-state index is 0.202. The van der Waals surface area contributed by atoms with Crippen LogP contribution in [0.25, 0.3) is 0 Å². The third-order valence-electron chi connectivity index (χ3n) is 3.77. The average molecular weight is 250 g/mol. The fourth-order valence-electron chi connectivity index (χ4n) is 2.88. The van der Waals surface area contributed by atoms with Crippen molar-refractivity contribution in [2.45, 2.75) is 44.1 Å². The van der Waals surface area contributed by atoms with Gasteiger partial charge in [-0.15, -0.1) is 0 Å². The molecule has 1 N–H and O–H groups in total. The number of benzene rings is 1. The van der Waals surface area contributed by atoms with Crippen LogP contribution in [-0.4, -0.2) is 25.4 Å². The van der Waals surface area contributed by atoms with E-state index < -0.39 is 0 Å². The fraction of sp³-hybridized carbons (Fsp3) is 0.600. The summed E-state index contributed by atoms with van der Waals surface area (Å²) in [6.45, 7) is 0. The molecule has 1 aliphatic carbocycles. The summed E-state index contributed by atoms with van der Waals surface area (Å²) >= 11 is 0. The Labute approximate surface area is 109 Å². The van der Waals surface area contributed by atoms with Crippen LogP contribution in [0.5, 0.6) is 11.5 Å².